The Bertz CT molecular complexity index is 385. The van der Waals surface area contributed by atoms with E-state index < -0.39 is 0 Å². The maximum Gasteiger partial charge on any atom is 0.242 e. The summed E-state index contributed by atoms with van der Waals surface area (Å²) in [7, 11) is 0. The van der Waals surface area contributed by atoms with E-state index in [-0.39, 0.29) is 12.7 Å². The third-order valence-electron chi connectivity index (χ3n) is 2.67. The Hall–Kier alpha value is -1.56. The number of aliphatic hydroxyl groups is 1. The summed E-state index contributed by atoms with van der Waals surface area (Å²) in [6.45, 7) is 6.85. The number of aromatic nitrogens is 2. The van der Waals surface area contributed by atoms with Crippen LogP contribution in [0.15, 0.2) is 6.33 Å². The molecular weight excluding hydrogens is 244 g/mol. The summed E-state index contributed by atoms with van der Waals surface area (Å²) in [5.74, 6) is 1.34. The molecular formula is C13H24N4O2. The van der Waals surface area contributed by atoms with Crippen LogP contribution in [0.1, 0.15) is 33.6 Å². The summed E-state index contributed by atoms with van der Waals surface area (Å²) in [6.07, 6.45) is 3.37. The van der Waals surface area contributed by atoms with Crippen LogP contribution < -0.4 is 15.8 Å². The monoisotopic (exact) mass is 268 g/mol. The second-order valence-corrected chi connectivity index (χ2v) is 4.96. The van der Waals surface area contributed by atoms with Crippen LogP contribution in [0.3, 0.4) is 0 Å². The molecule has 6 nitrogen and oxygen atoms in total. The summed E-state index contributed by atoms with van der Waals surface area (Å²) in [6, 6.07) is 0. The van der Waals surface area contributed by atoms with Gasteiger partial charge in [-0.3, -0.25) is 0 Å². The van der Waals surface area contributed by atoms with Crippen LogP contribution >= 0.6 is 0 Å². The number of aliphatic hydroxyl groups excluding tert-OH is 1. The van der Waals surface area contributed by atoms with Gasteiger partial charge in [0.15, 0.2) is 5.82 Å². The topological polar surface area (TPSA) is 93.3 Å². The third-order valence-corrected chi connectivity index (χ3v) is 2.67. The summed E-state index contributed by atoms with van der Waals surface area (Å²) in [5, 5.41) is 12.1. The Balaban J connectivity index is 2.49. The largest absolute Gasteiger partial charge is 0.473 e. The van der Waals surface area contributed by atoms with Crippen molar-refractivity contribution in [2.75, 3.05) is 24.2 Å². The molecule has 1 rings (SSSR count). The molecule has 4 N–H and O–H groups in total. The highest BCUT2D eigenvalue weighted by Gasteiger charge is 2.10. The number of nitrogen functional groups attached to an aromatic ring is 1. The molecule has 1 unspecified atom stereocenters. The summed E-state index contributed by atoms with van der Waals surface area (Å²) in [5.41, 5.74) is 6.38. The van der Waals surface area contributed by atoms with Gasteiger partial charge in [0, 0.05) is 13.2 Å². The third kappa shape index (κ3) is 5.30. The lowest BCUT2D eigenvalue weighted by molar-refractivity contribution is 0.229. The lowest BCUT2D eigenvalue weighted by atomic mass is 10.1. The normalized spacial score (nSPS) is 12.5. The van der Waals surface area contributed by atoms with Gasteiger partial charge in [0.05, 0.1) is 6.10 Å². The number of hydrogen-bond acceptors (Lipinski definition) is 6. The molecule has 1 aromatic heterocycles. The zero-order valence-corrected chi connectivity index (χ0v) is 11.9. The van der Waals surface area contributed by atoms with Crippen molar-refractivity contribution < 1.29 is 9.84 Å². The zero-order chi connectivity index (χ0) is 14.3. The summed E-state index contributed by atoms with van der Waals surface area (Å²) in [4.78, 5) is 8.12. The fraction of sp³-hybridized carbons (Fsp3) is 0.692. The van der Waals surface area contributed by atoms with Crippen molar-refractivity contribution >= 4 is 11.5 Å². The number of nitrogens with two attached hydrogens (primary N) is 1. The van der Waals surface area contributed by atoms with Crippen LogP contribution in [0.5, 0.6) is 5.88 Å². The number of ether oxygens (including phenoxy) is 1. The van der Waals surface area contributed by atoms with Crippen molar-refractivity contribution in [2.24, 2.45) is 5.92 Å². The Labute approximate surface area is 114 Å². The number of anilines is 2. The first-order valence-corrected chi connectivity index (χ1v) is 6.66. The molecule has 0 saturated heterocycles. The van der Waals surface area contributed by atoms with Gasteiger partial charge in [-0.1, -0.05) is 6.92 Å². The lowest BCUT2D eigenvalue weighted by Crippen LogP contribution is -2.13. The smallest absolute Gasteiger partial charge is 0.242 e. The standard InChI is InChI=1S/C13H24N4O2/c1-9(2)19-13-11(14)12(16-8-17-13)15-6-4-5-10(3)7-18/h8-10,18H,4-7,14H2,1-3H3,(H,15,16,17). The Morgan fingerprint density at radius 3 is 2.74 bits per heavy atom. The second kappa shape index (κ2) is 7.78. The number of rotatable bonds is 8. The summed E-state index contributed by atoms with van der Waals surface area (Å²) >= 11 is 0. The minimum Gasteiger partial charge on any atom is -0.473 e. The summed E-state index contributed by atoms with van der Waals surface area (Å²) < 4.78 is 5.50. The van der Waals surface area contributed by atoms with Crippen molar-refractivity contribution in [3.63, 3.8) is 0 Å². The van der Waals surface area contributed by atoms with Gasteiger partial charge in [0.2, 0.25) is 5.88 Å². The van der Waals surface area contributed by atoms with E-state index in [1.165, 1.54) is 6.33 Å². The van der Waals surface area contributed by atoms with Crippen molar-refractivity contribution in [1.29, 1.82) is 0 Å². The molecule has 19 heavy (non-hydrogen) atoms. The van der Waals surface area contributed by atoms with E-state index in [2.05, 4.69) is 15.3 Å². The molecule has 0 spiro atoms. The van der Waals surface area contributed by atoms with Crippen LogP contribution in [0.25, 0.3) is 0 Å². The maximum atomic E-state index is 8.94. The highest BCUT2D eigenvalue weighted by atomic mass is 16.5. The molecule has 0 saturated carbocycles. The molecule has 108 valence electrons. The molecule has 0 bridgehead atoms. The first-order chi connectivity index (χ1) is 9.04. The van der Waals surface area contributed by atoms with E-state index in [0.717, 1.165) is 19.4 Å². The Morgan fingerprint density at radius 1 is 1.37 bits per heavy atom. The molecule has 1 aromatic rings. The van der Waals surface area contributed by atoms with Gasteiger partial charge in [-0.2, -0.15) is 4.98 Å². The zero-order valence-electron chi connectivity index (χ0n) is 11.9. The molecule has 1 heterocycles. The van der Waals surface area contributed by atoms with Crippen molar-refractivity contribution in [3.05, 3.63) is 6.33 Å². The van der Waals surface area contributed by atoms with Gasteiger partial charge in [-0.05, 0) is 32.6 Å². The number of hydrogen-bond donors (Lipinski definition) is 3. The van der Waals surface area contributed by atoms with Crippen molar-refractivity contribution in [1.82, 2.24) is 9.97 Å². The quantitative estimate of drug-likeness (QED) is 0.621. The molecule has 0 aliphatic heterocycles. The minimum absolute atomic E-state index is 0.0236. The Morgan fingerprint density at radius 2 is 2.11 bits per heavy atom. The van der Waals surface area contributed by atoms with E-state index in [4.69, 9.17) is 15.6 Å². The van der Waals surface area contributed by atoms with E-state index in [1.54, 1.807) is 0 Å². The molecule has 0 aliphatic rings. The molecule has 0 radical (unpaired) electrons. The van der Waals surface area contributed by atoms with Crippen LogP contribution in [0.4, 0.5) is 11.5 Å². The molecule has 0 aliphatic carbocycles. The van der Waals surface area contributed by atoms with Crippen LogP contribution in [-0.4, -0.2) is 34.3 Å². The van der Waals surface area contributed by atoms with Crippen LogP contribution in [-0.2, 0) is 0 Å². The molecule has 0 amide bonds. The van der Waals surface area contributed by atoms with E-state index in [1.807, 2.05) is 20.8 Å². The van der Waals surface area contributed by atoms with E-state index in [0.29, 0.717) is 23.3 Å². The highest BCUT2D eigenvalue weighted by Crippen LogP contribution is 2.25. The molecule has 0 aromatic carbocycles. The number of nitrogens with one attached hydrogen (secondary N) is 1. The Kier molecular flexibility index (Phi) is 6.35. The van der Waals surface area contributed by atoms with Crippen molar-refractivity contribution in [2.45, 2.75) is 39.7 Å². The molecule has 6 heteroatoms. The van der Waals surface area contributed by atoms with Gasteiger partial charge in [-0.25, -0.2) is 4.98 Å². The number of nitrogens with zero attached hydrogens (tertiary/aromatic N) is 2. The fourth-order valence-electron chi connectivity index (χ4n) is 1.59. The van der Waals surface area contributed by atoms with Crippen molar-refractivity contribution in [3.8, 4) is 5.88 Å². The van der Waals surface area contributed by atoms with E-state index >= 15 is 0 Å². The minimum atomic E-state index is 0.0236. The first-order valence-electron chi connectivity index (χ1n) is 6.66. The predicted octanol–water partition coefficient (Wildman–Crippen LogP) is 1.67. The molecule has 1 atom stereocenters. The SMILES string of the molecule is CC(CO)CCCNc1ncnc(OC(C)C)c1N. The fourth-order valence-corrected chi connectivity index (χ4v) is 1.59. The predicted molar refractivity (Wildman–Crippen MR) is 76.2 cm³/mol. The van der Waals surface area contributed by atoms with Crippen LogP contribution in [0, 0.1) is 5.92 Å². The van der Waals surface area contributed by atoms with Gasteiger partial charge in [0.25, 0.3) is 0 Å². The average Bonchev–Trinajstić information content (AvgIpc) is 2.37. The van der Waals surface area contributed by atoms with Gasteiger partial charge < -0.3 is 20.9 Å². The van der Waals surface area contributed by atoms with E-state index in [9.17, 15) is 0 Å². The lowest BCUT2D eigenvalue weighted by Gasteiger charge is -2.14. The van der Waals surface area contributed by atoms with Gasteiger partial charge in [-0.15, -0.1) is 0 Å². The van der Waals surface area contributed by atoms with Gasteiger partial charge in [0.1, 0.15) is 12.0 Å². The first kappa shape index (κ1) is 15.5. The van der Waals surface area contributed by atoms with Gasteiger partial charge >= 0.3 is 0 Å². The second-order valence-electron chi connectivity index (χ2n) is 4.96. The average molecular weight is 268 g/mol. The maximum absolute atomic E-state index is 8.94. The molecule has 0 fully saturated rings. The highest BCUT2D eigenvalue weighted by molar-refractivity contribution is 5.66. The van der Waals surface area contributed by atoms with Crippen LogP contribution in [0.2, 0.25) is 0 Å².